The van der Waals surface area contributed by atoms with E-state index in [0.29, 0.717) is 17.3 Å². The molecule has 0 aliphatic heterocycles. The molecule has 3 rings (SSSR count). The van der Waals surface area contributed by atoms with Gasteiger partial charge in [-0.2, -0.15) is 4.98 Å². The summed E-state index contributed by atoms with van der Waals surface area (Å²) in [5, 5.41) is 6.64. The first-order valence-corrected chi connectivity index (χ1v) is 9.72. The van der Waals surface area contributed by atoms with Crippen molar-refractivity contribution < 1.29 is 4.79 Å². The summed E-state index contributed by atoms with van der Waals surface area (Å²) < 4.78 is 0. The fourth-order valence-corrected chi connectivity index (χ4v) is 2.89. The van der Waals surface area contributed by atoms with Gasteiger partial charge < -0.3 is 10.6 Å². The van der Waals surface area contributed by atoms with E-state index < -0.39 is 0 Å². The molecule has 0 fully saturated rings. The Morgan fingerprint density at radius 1 is 0.964 bits per heavy atom. The van der Waals surface area contributed by atoms with Crippen molar-refractivity contribution in [3.8, 4) is 11.3 Å². The summed E-state index contributed by atoms with van der Waals surface area (Å²) in [6, 6.07) is 19.4. The molecule has 0 unspecified atom stereocenters. The Labute approximate surface area is 166 Å². The van der Waals surface area contributed by atoms with Gasteiger partial charge in [-0.15, -0.1) is 0 Å². The fourth-order valence-electron chi connectivity index (χ4n) is 2.89. The summed E-state index contributed by atoms with van der Waals surface area (Å²) in [5.74, 6) is 1.32. The predicted octanol–water partition coefficient (Wildman–Crippen LogP) is 5.69. The van der Waals surface area contributed by atoms with Gasteiger partial charge in [0.05, 0.1) is 5.69 Å². The molecule has 0 atom stereocenters. The van der Waals surface area contributed by atoms with Crippen molar-refractivity contribution >= 4 is 23.2 Å². The van der Waals surface area contributed by atoms with Crippen LogP contribution in [0.5, 0.6) is 0 Å². The van der Waals surface area contributed by atoms with Crippen LogP contribution in [-0.4, -0.2) is 22.3 Å². The van der Waals surface area contributed by atoms with Crippen LogP contribution in [0.3, 0.4) is 0 Å². The number of hydrogen-bond donors (Lipinski definition) is 2. The lowest BCUT2D eigenvalue weighted by Crippen LogP contribution is -2.07. The average Bonchev–Trinajstić information content (AvgIpc) is 2.72. The molecule has 1 aromatic heterocycles. The first-order valence-electron chi connectivity index (χ1n) is 9.72. The summed E-state index contributed by atoms with van der Waals surface area (Å²) in [6.07, 6.45) is 3.43. The number of nitrogens with zero attached hydrogens (tertiary/aromatic N) is 2. The molecule has 0 amide bonds. The molecule has 3 aromatic rings. The van der Waals surface area contributed by atoms with Crippen LogP contribution in [0.15, 0.2) is 60.7 Å². The highest BCUT2D eigenvalue weighted by Gasteiger charge is 2.08. The number of anilines is 3. The van der Waals surface area contributed by atoms with Crippen LogP contribution < -0.4 is 10.6 Å². The van der Waals surface area contributed by atoms with Gasteiger partial charge in [0.2, 0.25) is 5.95 Å². The molecule has 1 heterocycles. The number of aromatic nitrogens is 2. The minimum Gasteiger partial charge on any atom is -0.354 e. The maximum atomic E-state index is 11.7. The van der Waals surface area contributed by atoms with Crippen molar-refractivity contribution in [2.75, 3.05) is 17.2 Å². The van der Waals surface area contributed by atoms with Gasteiger partial charge in [-0.25, -0.2) is 4.98 Å². The smallest absolute Gasteiger partial charge is 0.225 e. The Bertz CT molecular complexity index is 925. The van der Waals surface area contributed by atoms with E-state index in [9.17, 15) is 4.79 Å². The molecule has 0 spiro atoms. The van der Waals surface area contributed by atoms with E-state index in [0.717, 1.165) is 29.9 Å². The Morgan fingerprint density at radius 2 is 1.79 bits per heavy atom. The SMILES string of the molecule is CCCCCNc1nc(Nc2cccc(C(C)=O)c2)cc(-c2ccccc2)n1. The fraction of sp³-hybridized carbons (Fsp3) is 0.261. The molecule has 0 aliphatic carbocycles. The van der Waals surface area contributed by atoms with Crippen LogP contribution in [0.1, 0.15) is 43.5 Å². The summed E-state index contributed by atoms with van der Waals surface area (Å²) >= 11 is 0. The first-order chi connectivity index (χ1) is 13.7. The second-order valence-electron chi connectivity index (χ2n) is 6.72. The van der Waals surface area contributed by atoms with E-state index in [2.05, 4.69) is 27.5 Å². The Kier molecular flexibility index (Phi) is 6.73. The molecule has 0 saturated heterocycles. The first kappa shape index (κ1) is 19.5. The van der Waals surface area contributed by atoms with E-state index >= 15 is 0 Å². The predicted molar refractivity (Wildman–Crippen MR) is 115 cm³/mol. The zero-order valence-electron chi connectivity index (χ0n) is 16.4. The van der Waals surface area contributed by atoms with Crippen molar-refractivity contribution in [2.24, 2.45) is 0 Å². The summed E-state index contributed by atoms with van der Waals surface area (Å²) in [7, 11) is 0. The van der Waals surface area contributed by atoms with Crippen LogP contribution in [0.25, 0.3) is 11.3 Å². The van der Waals surface area contributed by atoms with E-state index in [1.807, 2.05) is 60.7 Å². The minimum absolute atomic E-state index is 0.0367. The van der Waals surface area contributed by atoms with Gasteiger partial charge in [0.1, 0.15) is 5.82 Å². The van der Waals surface area contributed by atoms with Crippen molar-refractivity contribution in [3.63, 3.8) is 0 Å². The lowest BCUT2D eigenvalue weighted by molar-refractivity contribution is 0.101. The van der Waals surface area contributed by atoms with Crippen LogP contribution >= 0.6 is 0 Å². The molecular formula is C23H26N4O. The van der Waals surface area contributed by atoms with Gasteiger partial charge in [-0.05, 0) is 25.5 Å². The lowest BCUT2D eigenvalue weighted by Gasteiger charge is -2.12. The van der Waals surface area contributed by atoms with Gasteiger partial charge in [0.15, 0.2) is 5.78 Å². The molecule has 5 nitrogen and oxygen atoms in total. The van der Waals surface area contributed by atoms with Gasteiger partial charge in [-0.1, -0.05) is 62.2 Å². The van der Waals surface area contributed by atoms with Crippen LogP contribution in [0.4, 0.5) is 17.5 Å². The zero-order valence-corrected chi connectivity index (χ0v) is 16.4. The largest absolute Gasteiger partial charge is 0.354 e. The van der Waals surface area contributed by atoms with E-state index in [1.165, 1.54) is 12.8 Å². The van der Waals surface area contributed by atoms with E-state index in [-0.39, 0.29) is 5.78 Å². The van der Waals surface area contributed by atoms with Crippen molar-refractivity contribution in [2.45, 2.75) is 33.1 Å². The summed E-state index contributed by atoms with van der Waals surface area (Å²) in [6.45, 7) is 4.59. The number of benzene rings is 2. The number of carbonyl (C=O) groups is 1. The number of carbonyl (C=O) groups excluding carboxylic acids is 1. The number of rotatable bonds is 9. The van der Waals surface area contributed by atoms with E-state index in [1.54, 1.807) is 6.92 Å². The number of Topliss-reactive ketones (excluding diaryl/α,β-unsaturated/α-hetero) is 1. The molecule has 28 heavy (non-hydrogen) atoms. The van der Waals surface area contributed by atoms with Gasteiger partial charge in [0, 0.05) is 29.4 Å². The van der Waals surface area contributed by atoms with Crippen LogP contribution in [0, 0.1) is 0 Å². The van der Waals surface area contributed by atoms with Crippen LogP contribution in [-0.2, 0) is 0 Å². The maximum absolute atomic E-state index is 11.7. The normalized spacial score (nSPS) is 10.5. The summed E-state index contributed by atoms with van der Waals surface area (Å²) in [4.78, 5) is 20.9. The van der Waals surface area contributed by atoms with Gasteiger partial charge >= 0.3 is 0 Å². The molecule has 5 heteroatoms. The Hall–Kier alpha value is -3.21. The van der Waals surface area contributed by atoms with Gasteiger partial charge in [0.25, 0.3) is 0 Å². The molecule has 2 aromatic carbocycles. The number of nitrogens with one attached hydrogen (secondary N) is 2. The zero-order chi connectivity index (χ0) is 19.8. The molecule has 0 saturated carbocycles. The second kappa shape index (κ2) is 9.65. The highest BCUT2D eigenvalue weighted by atomic mass is 16.1. The lowest BCUT2D eigenvalue weighted by atomic mass is 10.1. The van der Waals surface area contributed by atoms with Crippen molar-refractivity contribution in [1.82, 2.24) is 9.97 Å². The molecule has 0 radical (unpaired) electrons. The number of hydrogen-bond acceptors (Lipinski definition) is 5. The minimum atomic E-state index is 0.0367. The third kappa shape index (κ3) is 5.39. The molecule has 2 N–H and O–H groups in total. The number of ketones is 1. The summed E-state index contributed by atoms with van der Waals surface area (Å²) in [5.41, 5.74) is 3.36. The Morgan fingerprint density at radius 3 is 2.54 bits per heavy atom. The monoisotopic (exact) mass is 374 g/mol. The third-order valence-corrected chi connectivity index (χ3v) is 4.40. The third-order valence-electron chi connectivity index (χ3n) is 4.40. The standard InChI is InChI=1S/C23H26N4O/c1-3-4-8-14-24-23-26-21(18-10-6-5-7-11-18)16-22(27-23)25-20-13-9-12-19(15-20)17(2)28/h5-7,9-13,15-16H,3-4,8,14H2,1-2H3,(H2,24,25,26,27). The quantitative estimate of drug-likeness (QED) is 0.372. The molecular weight excluding hydrogens is 348 g/mol. The molecule has 0 aliphatic rings. The Balaban J connectivity index is 1.88. The molecule has 144 valence electrons. The van der Waals surface area contributed by atoms with Crippen molar-refractivity contribution in [1.29, 1.82) is 0 Å². The highest BCUT2D eigenvalue weighted by Crippen LogP contribution is 2.24. The van der Waals surface area contributed by atoms with Gasteiger partial charge in [-0.3, -0.25) is 4.79 Å². The van der Waals surface area contributed by atoms with Crippen molar-refractivity contribution in [3.05, 3.63) is 66.2 Å². The highest BCUT2D eigenvalue weighted by molar-refractivity contribution is 5.95. The topological polar surface area (TPSA) is 66.9 Å². The van der Waals surface area contributed by atoms with E-state index in [4.69, 9.17) is 0 Å². The second-order valence-corrected chi connectivity index (χ2v) is 6.72. The average molecular weight is 374 g/mol. The maximum Gasteiger partial charge on any atom is 0.225 e. The van der Waals surface area contributed by atoms with Crippen LogP contribution in [0.2, 0.25) is 0 Å². The number of unbranched alkanes of at least 4 members (excludes halogenated alkanes) is 2. The molecule has 0 bridgehead atoms.